The first-order chi connectivity index (χ1) is 18.0. The molecule has 7 atom stereocenters. The fourth-order valence-corrected chi connectivity index (χ4v) is 7.83. The molecule has 0 N–H and O–H groups in total. The van der Waals surface area contributed by atoms with E-state index in [-0.39, 0.29) is 35.8 Å². The number of hydrogen-bond acceptors (Lipinski definition) is 6. The van der Waals surface area contributed by atoms with Crippen molar-refractivity contribution in [2.45, 2.75) is 112 Å². The number of carbonyl (C=O) groups excluding carboxylic acids is 2. The summed E-state index contributed by atoms with van der Waals surface area (Å²) in [7, 11) is 2.18. The Hall–Kier alpha value is -1.83. The molecule has 1 unspecified atom stereocenters. The van der Waals surface area contributed by atoms with Crippen molar-refractivity contribution in [3.05, 3.63) is 0 Å². The Morgan fingerprint density at radius 1 is 0.795 bits per heavy atom. The number of cyclic esters (lactones) is 2. The number of fused-ring (bicyclic) bond motifs is 2. The molecule has 8 heteroatoms. The molecule has 39 heavy (non-hydrogen) atoms. The zero-order valence-corrected chi connectivity index (χ0v) is 26.9. The second kappa shape index (κ2) is 11.6. The fraction of sp³-hybridized carbons (Fsp3) is 0.903. The number of aliphatic imine (C=N–C) groups is 1. The lowest BCUT2D eigenvalue weighted by Gasteiger charge is -2.42. The number of nitrogens with zero attached hydrogens (tertiary/aromatic N) is 4. The normalized spacial score (nSPS) is 37.3. The minimum atomic E-state index is -0.420. The smallest absolute Gasteiger partial charge is 0.410 e. The van der Waals surface area contributed by atoms with Crippen LogP contribution >= 0.6 is 0 Å². The predicted octanol–water partition coefficient (Wildman–Crippen LogP) is 5.80. The third-order valence-corrected chi connectivity index (χ3v) is 10.3. The van der Waals surface area contributed by atoms with E-state index in [0.717, 1.165) is 13.1 Å². The maximum Gasteiger partial charge on any atom is 0.410 e. The van der Waals surface area contributed by atoms with Crippen LogP contribution in [0.5, 0.6) is 0 Å². The fourth-order valence-electron chi connectivity index (χ4n) is 7.83. The van der Waals surface area contributed by atoms with Crippen LogP contribution in [0.1, 0.15) is 83.1 Å². The number of hydrogen-bond donors (Lipinski definition) is 0. The molecule has 0 aromatic carbocycles. The highest BCUT2D eigenvalue weighted by atomic mass is 16.6. The minimum absolute atomic E-state index is 0.101. The molecule has 8 nitrogen and oxygen atoms in total. The summed E-state index contributed by atoms with van der Waals surface area (Å²) in [4.78, 5) is 35.5. The van der Waals surface area contributed by atoms with E-state index in [0.29, 0.717) is 48.7 Å². The van der Waals surface area contributed by atoms with Gasteiger partial charge in [-0.3, -0.25) is 14.8 Å². The van der Waals surface area contributed by atoms with E-state index >= 15 is 0 Å². The molecule has 4 aliphatic heterocycles. The van der Waals surface area contributed by atoms with Crippen LogP contribution in [0.15, 0.2) is 4.99 Å². The first kappa shape index (κ1) is 31.7. The number of likely N-dealkylation sites (N-methyl/N-ethyl adjacent to an activating group) is 1. The number of rotatable bonds is 4. The summed E-state index contributed by atoms with van der Waals surface area (Å²) in [5.74, 6) is 2.26. The number of ether oxygens (including phenoxy) is 2. The van der Waals surface area contributed by atoms with Gasteiger partial charge in [0.1, 0.15) is 11.2 Å². The summed E-state index contributed by atoms with van der Waals surface area (Å²) in [6.07, 6.45) is -0.302. The highest BCUT2D eigenvalue weighted by Crippen LogP contribution is 2.44. The Balaban J connectivity index is 0.000000216. The van der Waals surface area contributed by atoms with Gasteiger partial charge in [0.05, 0.1) is 18.6 Å². The van der Waals surface area contributed by atoms with Gasteiger partial charge < -0.3 is 14.4 Å². The molecule has 2 amide bonds. The van der Waals surface area contributed by atoms with Crippen molar-refractivity contribution in [1.82, 2.24) is 14.7 Å². The SMILES string of the molecule is CC(C)C1=NCCN2C(=O)O[C@](C)(C(C)C)[C@@H]2[C@H]1C.CC(C)C1[C@H](C)[C@@H]2N(CCN1C)C(=O)O[C@]2(C)C(C)C. The van der Waals surface area contributed by atoms with Crippen molar-refractivity contribution in [2.75, 3.05) is 33.2 Å². The van der Waals surface area contributed by atoms with E-state index in [1.54, 1.807) is 0 Å². The molecule has 0 spiro atoms. The van der Waals surface area contributed by atoms with Crippen molar-refractivity contribution in [2.24, 2.45) is 40.5 Å². The van der Waals surface area contributed by atoms with Gasteiger partial charge in [-0.25, -0.2) is 9.59 Å². The summed E-state index contributed by atoms with van der Waals surface area (Å²) >= 11 is 0. The Morgan fingerprint density at radius 3 is 1.74 bits per heavy atom. The third-order valence-electron chi connectivity index (χ3n) is 10.3. The molecule has 4 heterocycles. The van der Waals surface area contributed by atoms with Crippen molar-refractivity contribution >= 4 is 17.9 Å². The van der Waals surface area contributed by atoms with Crippen LogP contribution in [0.25, 0.3) is 0 Å². The first-order valence-corrected chi connectivity index (χ1v) is 15.2. The summed E-state index contributed by atoms with van der Waals surface area (Å²) in [5, 5.41) is 0. The topological polar surface area (TPSA) is 74.7 Å². The van der Waals surface area contributed by atoms with Crippen LogP contribution < -0.4 is 0 Å². The van der Waals surface area contributed by atoms with E-state index in [4.69, 9.17) is 14.5 Å². The zero-order chi connectivity index (χ0) is 29.6. The van der Waals surface area contributed by atoms with E-state index in [1.165, 1.54) is 5.71 Å². The van der Waals surface area contributed by atoms with Gasteiger partial charge in [0.15, 0.2) is 0 Å². The molecule has 0 radical (unpaired) electrons. The van der Waals surface area contributed by atoms with Gasteiger partial charge in [-0.15, -0.1) is 0 Å². The summed E-state index contributed by atoms with van der Waals surface area (Å²) < 4.78 is 11.6. The van der Waals surface area contributed by atoms with Gasteiger partial charge in [-0.05, 0) is 50.5 Å². The molecule has 0 bridgehead atoms. The van der Waals surface area contributed by atoms with Crippen molar-refractivity contribution in [3.8, 4) is 0 Å². The first-order valence-electron chi connectivity index (χ1n) is 15.2. The maximum absolute atomic E-state index is 12.3. The van der Waals surface area contributed by atoms with Crippen LogP contribution in [0.2, 0.25) is 0 Å². The molecular formula is C31H56N4O4. The largest absolute Gasteiger partial charge is 0.441 e. The molecule has 0 saturated carbocycles. The van der Waals surface area contributed by atoms with Gasteiger partial charge >= 0.3 is 12.2 Å². The van der Waals surface area contributed by atoms with Gasteiger partial charge in [-0.2, -0.15) is 0 Å². The maximum atomic E-state index is 12.3. The highest BCUT2D eigenvalue weighted by Gasteiger charge is 2.58. The Labute approximate surface area is 237 Å². The van der Waals surface area contributed by atoms with Gasteiger partial charge in [0.2, 0.25) is 0 Å². The van der Waals surface area contributed by atoms with Crippen molar-refractivity contribution in [3.63, 3.8) is 0 Å². The van der Waals surface area contributed by atoms with E-state index in [9.17, 15) is 9.59 Å². The molecule has 0 aromatic heterocycles. The standard InChI is InChI=1S/C16H30N2O2.C15H26N2O2/c1-10(2)13-12(5)14-16(6,11(3)4)20-15(19)18(14)9-8-17(13)7;1-9(2)12-11(5)13-15(6,10(3)4)19-14(18)17(13)8-7-16-12/h10-14H,8-9H2,1-7H3;9-11,13H,7-8H2,1-6H3/t12-,13?,14-,16+;11-,13-,15+/m00/s1. The quantitative estimate of drug-likeness (QED) is 0.444. The van der Waals surface area contributed by atoms with Crippen LogP contribution in [-0.2, 0) is 9.47 Å². The van der Waals surface area contributed by atoms with E-state index in [1.807, 2.05) is 9.80 Å². The van der Waals surface area contributed by atoms with Crippen LogP contribution in [0.4, 0.5) is 9.59 Å². The van der Waals surface area contributed by atoms with Crippen molar-refractivity contribution < 1.29 is 19.1 Å². The lowest BCUT2D eigenvalue weighted by Crippen LogP contribution is -2.54. The van der Waals surface area contributed by atoms with Gasteiger partial charge in [0, 0.05) is 37.3 Å². The van der Waals surface area contributed by atoms with Gasteiger partial charge in [-0.1, -0.05) is 69.2 Å². The zero-order valence-electron chi connectivity index (χ0n) is 26.9. The molecule has 0 aliphatic carbocycles. The molecule has 4 aliphatic rings. The lowest BCUT2D eigenvalue weighted by atomic mass is 9.74. The second-order valence-electron chi connectivity index (χ2n) is 14.0. The van der Waals surface area contributed by atoms with Gasteiger partial charge in [0.25, 0.3) is 0 Å². The molecule has 3 fully saturated rings. The van der Waals surface area contributed by atoms with Crippen LogP contribution in [-0.4, -0.2) is 95.2 Å². The second-order valence-corrected chi connectivity index (χ2v) is 14.0. The number of carbonyl (C=O) groups is 2. The average molecular weight is 549 g/mol. The third kappa shape index (κ3) is 5.56. The molecule has 4 rings (SSSR count). The van der Waals surface area contributed by atoms with Crippen LogP contribution in [0.3, 0.4) is 0 Å². The number of amides is 2. The Bertz CT molecular complexity index is 934. The molecule has 0 aromatic rings. The summed E-state index contributed by atoms with van der Waals surface area (Å²) in [6.45, 7) is 29.2. The molecule has 3 saturated heterocycles. The lowest BCUT2D eigenvalue weighted by molar-refractivity contribution is -0.0156. The predicted molar refractivity (Wildman–Crippen MR) is 157 cm³/mol. The van der Waals surface area contributed by atoms with Crippen LogP contribution in [0, 0.1) is 35.5 Å². The van der Waals surface area contributed by atoms with E-state index < -0.39 is 5.60 Å². The summed E-state index contributed by atoms with van der Waals surface area (Å²) in [6, 6.07) is 0.758. The minimum Gasteiger partial charge on any atom is -0.441 e. The Kier molecular flexibility index (Phi) is 9.41. The van der Waals surface area contributed by atoms with E-state index in [2.05, 4.69) is 95.0 Å². The highest BCUT2D eigenvalue weighted by molar-refractivity contribution is 5.90. The monoisotopic (exact) mass is 548 g/mol. The Morgan fingerprint density at radius 2 is 1.28 bits per heavy atom. The molecular weight excluding hydrogens is 492 g/mol. The summed E-state index contributed by atoms with van der Waals surface area (Å²) in [5.41, 5.74) is 0.420. The average Bonchev–Trinajstić information content (AvgIpc) is 3.07. The van der Waals surface area contributed by atoms with Crippen molar-refractivity contribution in [1.29, 1.82) is 0 Å². The molecule has 224 valence electrons.